The van der Waals surface area contributed by atoms with Gasteiger partial charge in [0.05, 0.1) is 12.1 Å². The average molecular weight is 436 g/mol. The number of nitrogens with zero attached hydrogens (tertiary/aromatic N) is 3. The van der Waals surface area contributed by atoms with E-state index in [0.717, 1.165) is 5.01 Å². The van der Waals surface area contributed by atoms with Crippen LogP contribution in [0.2, 0.25) is 0 Å². The Morgan fingerprint density at radius 1 is 1.39 bits per heavy atom. The molecule has 0 aliphatic heterocycles. The second-order valence-corrected chi connectivity index (χ2v) is 6.19. The third kappa shape index (κ3) is 6.12. The molecule has 0 saturated heterocycles. The molecule has 0 amide bonds. The molecule has 0 aliphatic rings. The molecule has 11 heteroatoms. The number of nitrogen functional groups attached to an aromatic ring is 1. The maximum Gasteiger partial charge on any atom is 0.387 e. The van der Waals surface area contributed by atoms with Gasteiger partial charge in [0.25, 0.3) is 0 Å². The number of aromatic hydroxyl groups is 1. The van der Waals surface area contributed by atoms with E-state index in [0.29, 0.717) is 6.42 Å². The number of hydrogen-bond acceptors (Lipinski definition) is 7. The number of phenolic OH excluding ortho intramolecular Hbond substituents is 1. The van der Waals surface area contributed by atoms with Crippen molar-refractivity contribution in [3.63, 3.8) is 0 Å². The van der Waals surface area contributed by atoms with Crippen LogP contribution >= 0.6 is 0 Å². The summed E-state index contributed by atoms with van der Waals surface area (Å²) in [6.45, 7) is -1.38. The fourth-order valence-corrected chi connectivity index (χ4v) is 2.64. The summed E-state index contributed by atoms with van der Waals surface area (Å²) in [5.74, 6) is 9.98. The Kier molecular flexibility index (Phi) is 8.26. The molecular weight excluding hydrogens is 413 g/mol. The number of alkyl halides is 2. The van der Waals surface area contributed by atoms with Crippen molar-refractivity contribution in [2.45, 2.75) is 20.0 Å². The number of halogens is 3. The topological polar surface area (TPSA) is 136 Å². The summed E-state index contributed by atoms with van der Waals surface area (Å²) in [5.41, 5.74) is 6.50. The van der Waals surface area contributed by atoms with Gasteiger partial charge < -0.3 is 21.4 Å². The van der Waals surface area contributed by atoms with Crippen molar-refractivity contribution < 1.29 is 23.0 Å². The van der Waals surface area contributed by atoms with Crippen LogP contribution in [-0.2, 0) is 0 Å². The molecule has 2 rings (SSSR count). The number of nitrogens with two attached hydrogens (primary N) is 3. The number of anilines is 1. The van der Waals surface area contributed by atoms with Gasteiger partial charge in [-0.15, -0.1) is 0 Å². The summed E-state index contributed by atoms with van der Waals surface area (Å²) < 4.78 is 43.8. The Bertz CT molecular complexity index is 995. The molecule has 0 spiro atoms. The molecule has 1 aromatic carbocycles. The van der Waals surface area contributed by atoms with Crippen LogP contribution in [0.3, 0.4) is 0 Å². The van der Waals surface area contributed by atoms with E-state index in [-0.39, 0.29) is 34.9 Å². The Labute approximate surface area is 177 Å². The van der Waals surface area contributed by atoms with Gasteiger partial charge in [-0.2, -0.15) is 13.9 Å². The van der Waals surface area contributed by atoms with E-state index in [4.69, 9.17) is 17.4 Å². The normalized spacial score (nSPS) is 12.6. The van der Waals surface area contributed by atoms with Crippen molar-refractivity contribution in [1.82, 2.24) is 9.99 Å². The van der Waals surface area contributed by atoms with E-state index in [1.807, 2.05) is 6.92 Å². The van der Waals surface area contributed by atoms with Crippen molar-refractivity contribution in [2.24, 2.45) is 16.8 Å². The zero-order valence-corrected chi connectivity index (χ0v) is 16.7. The molecule has 0 atom stereocenters. The van der Waals surface area contributed by atoms with Gasteiger partial charge in [-0.05, 0) is 30.7 Å². The molecule has 0 fully saturated rings. The largest absolute Gasteiger partial charge is 0.504 e. The number of ether oxygens (including phenoxy) is 1. The maximum atomic E-state index is 13.8. The van der Waals surface area contributed by atoms with Gasteiger partial charge in [0.2, 0.25) is 0 Å². The quantitative estimate of drug-likeness (QED) is 0.164. The zero-order valence-electron chi connectivity index (χ0n) is 16.7. The summed E-state index contributed by atoms with van der Waals surface area (Å²) in [6, 6.07) is 5.54. The Hall–Kier alpha value is -3.73. The fourth-order valence-electron chi connectivity index (χ4n) is 2.64. The average Bonchev–Trinajstić information content (AvgIpc) is 2.73. The SMILES string of the molecule is CC/C=C\C(F)=C/CN(N)/C(=N\N)c1cc(-c2cccc(O)c2OC(F)F)cnc1N. The van der Waals surface area contributed by atoms with Crippen LogP contribution in [0.15, 0.2) is 59.6 Å². The number of pyridine rings is 1. The van der Waals surface area contributed by atoms with Gasteiger partial charge in [0.15, 0.2) is 17.3 Å². The lowest BCUT2D eigenvalue weighted by molar-refractivity contribution is -0.0508. The highest BCUT2D eigenvalue weighted by Crippen LogP contribution is 2.38. The first-order chi connectivity index (χ1) is 14.8. The number of phenols is 1. The lowest BCUT2D eigenvalue weighted by atomic mass is 10.0. The van der Waals surface area contributed by atoms with E-state index < -0.39 is 23.9 Å². The van der Waals surface area contributed by atoms with Crippen molar-refractivity contribution >= 4 is 11.7 Å². The van der Waals surface area contributed by atoms with Gasteiger partial charge in [0, 0.05) is 17.3 Å². The molecule has 0 unspecified atom stereocenters. The number of benzene rings is 1. The zero-order chi connectivity index (χ0) is 23.0. The van der Waals surface area contributed by atoms with Crippen LogP contribution < -0.4 is 22.2 Å². The number of para-hydroxylation sites is 1. The molecular formula is C20H23F3N6O2. The number of aromatic nitrogens is 1. The number of allylic oxidation sites excluding steroid dienone is 3. The molecule has 8 nitrogen and oxygen atoms in total. The molecule has 7 N–H and O–H groups in total. The highest BCUT2D eigenvalue weighted by atomic mass is 19.3. The fraction of sp³-hybridized carbons (Fsp3) is 0.200. The minimum absolute atomic E-state index is 0.00443. The second kappa shape index (κ2) is 10.9. The van der Waals surface area contributed by atoms with Crippen molar-refractivity contribution in [1.29, 1.82) is 0 Å². The van der Waals surface area contributed by atoms with Crippen LogP contribution in [0.5, 0.6) is 11.5 Å². The van der Waals surface area contributed by atoms with Gasteiger partial charge in [-0.1, -0.05) is 25.1 Å². The monoisotopic (exact) mass is 436 g/mol. The molecule has 166 valence electrons. The number of amidine groups is 1. The molecule has 1 aromatic heterocycles. The van der Waals surface area contributed by atoms with Gasteiger partial charge >= 0.3 is 6.61 Å². The summed E-state index contributed by atoms with van der Waals surface area (Å²) in [5, 5.41) is 14.6. The molecule has 0 radical (unpaired) electrons. The smallest absolute Gasteiger partial charge is 0.387 e. The number of hydrazone groups is 1. The second-order valence-electron chi connectivity index (χ2n) is 6.19. The summed E-state index contributed by atoms with van der Waals surface area (Å²) in [6.07, 6.45) is 6.13. The number of hydrogen-bond donors (Lipinski definition) is 4. The predicted octanol–water partition coefficient (Wildman–Crippen LogP) is 3.25. The summed E-state index contributed by atoms with van der Waals surface area (Å²) >= 11 is 0. The minimum atomic E-state index is -3.16. The third-order valence-corrected chi connectivity index (χ3v) is 4.06. The minimum Gasteiger partial charge on any atom is -0.504 e. The standard InChI is InChI=1S/C20H23F3N6O2/c1-2-3-5-13(21)8-9-29(26)19(28-25)15-10-12(11-27-18(15)24)14-6-4-7-16(30)17(14)31-20(22)23/h3-8,10-11,20,30H,2,9,25-26H2,1H3,(H2,24,27)/b5-3-,13-8+,28-19-. The predicted molar refractivity (Wildman–Crippen MR) is 113 cm³/mol. The summed E-state index contributed by atoms with van der Waals surface area (Å²) in [7, 11) is 0. The van der Waals surface area contributed by atoms with Crippen LogP contribution in [0.25, 0.3) is 11.1 Å². The Morgan fingerprint density at radius 2 is 2.13 bits per heavy atom. The first-order valence-corrected chi connectivity index (χ1v) is 9.13. The highest BCUT2D eigenvalue weighted by Gasteiger charge is 2.19. The van der Waals surface area contributed by atoms with Crippen molar-refractivity contribution in [3.05, 3.63) is 60.1 Å². The van der Waals surface area contributed by atoms with Crippen LogP contribution in [0, 0.1) is 0 Å². The van der Waals surface area contributed by atoms with Gasteiger partial charge in [0.1, 0.15) is 11.6 Å². The molecule has 0 aliphatic carbocycles. The number of rotatable bonds is 8. The van der Waals surface area contributed by atoms with Crippen LogP contribution in [0.1, 0.15) is 18.9 Å². The first kappa shape index (κ1) is 23.5. The molecule has 31 heavy (non-hydrogen) atoms. The molecule has 0 bridgehead atoms. The molecule has 1 heterocycles. The lowest BCUT2D eigenvalue weighted by Gasteiger charge is -2.20. The van der Waals surface area contributed by atoms with E-state index in [1.54, 1.807) is 6.08 Å². The third-order valence-electron chi connectivity index (χ3n) is 4.06. The van der Waals surface area contributed by atoms with Crippen LogP contribution in [-0.4, -0.2) is 34.1 Å². The molecule has 2 aromatic rings. The van der Waals surface area contributed by atoms with E-state index in [1.165, 1.54) is 42.6 Å². The van der Waals surface area contributed by atoms with Crippen LogP contribution in [0.4, 0.5) is 19.0 Å². The van der Waals surface area contributed by atoms with E-state index in [9.17, 15) is 18.3 Å². The van der Waals surface area contributed by atoms with Crippen molar-refractivity contribution in [3.8, 4) is 22.6 Å². The van der Waals surface area contributed by atoms with Gasteiger partial charge in [-0.25, -0.2) is 15.2 Å². The maximum absolute atomic E-state index is 13.8. The highest BCUT2D eigenvalue weighted by molar-refractivity contribution is 6.03. The Morgan fingerprint density at radius 3 is 2.77 bits per heavy atom. The van der Waals surface area contributed by atoms with Gasteiger partial charge in [-0.3, -0.25) is 5.01 Å². The first-order valence-electron chi connectivity index (χ1n) is 9.13. The van der Waals surface area contributed by atoms with E-state index in [2.05, 4.69) is 14.8 Å². The van der Waals surface area contributed by atoms with Crippen molar-refractivity contribution in [2.75, 3.05) is 12.3 Å². The van der Waals surface area contributed by atoms with E-state index >= 15 is 0 Å². The molecule has 0 saturated carbocycles. The Balaban J connectivity index is 2.43. The number of hydrazine groups is 1. The lowest BCUT2D eigenvalue weighted by Crippen LogP contribution is -2.39. The summed E-state index contributed by atoms with van der Waals surface area (Å²) in [4.78, 5) is 4.03.